The van der Waals surface area contributed by atoms with Crippen molar-refractivity contribution in [1.82, 2.24) is 9.97 Å². The Labute approximate surface area is 172 Å². The number of hydrogen-bond donors (Lipinski definition) is 2. The molecule has 2 atom stereocenters. The van der Waals surface area contributed by atoms with E-state index in [0.29, 0.717) is 24.5 Å². The van der Waals surface area contributed by atoms with Crippen molar-refractivity contribution in [2.75, 3.05) is 30.4 Å². The van der Waals surface area contributed by atoms with E-state index >= 15 is 0 Å². The van der Waals surface area contributed by atoms with Gasteiger partial charge < -0.3 is 24.8 Å². The van der Waals surface area contributed by atoms with Crippen LogP contribution in [0.4, 0.5) is 11.4 Å². The van der Waals surface area contributed by atoms with Gasteiger partial charge in [-0.2, -0.15) is 0 Å². The minimum atomic E-state index is 0.0756. The molecule has 0 spiro atoms. The van der Waals surface area contributed by atoms with Crippen molar-refractivity contribution in [3.05, 3.63) is 36.2 Å². The Hall–Kier alpha value is -2.54. The molecule has 4 rings (SSSR count). The molecule has 1 unspecified atom stereocenters. The molecule has 3 heterocycles. The number of nitrogens with zero attached hydrogens (tertiary/aromatic N) is 2. The Morgan fingerprint density at radius 2 is 1.97 bits per heavy atom. The SMILES string of the molecule is CCNc1cc(CC(C)Nc2cccnc2O[C@@H]2CCOC2)cnc1OC1CC1. The molecule has 1 saturated carbocycles. The molecule has 156 valence electrons. The summed E-state index contributed by atoms with van der Waals surface area (Å²) >= 11 is 0. The highest BCUT2D eigenvalue weighted by Crippen LogP contribution is 2.31. The second-order valence-corrected chi connectivity index (χ2v) is 7.75. The minimum Gasteiger partial charge on any atom is -0.473 e. The monoisotopic (exact) mass is 398 g/mol. The van der Waals surface area contributed by atoms with Gasteiger partial charge in [-0.05, 0) is 56.9 Å². The van der Waals surface area contributed by atoms with E-state index in [0.717, 1.165) is 55.8 Å². The second-order valence-electron chi connectivity index (χ2n) is 7.75. The van der Waals surface area contributed by atoms with Crippen molar-refractivity contribution < 1.29 is 14.2 Å². The normalized spacial score (nSPS) is 19.6. The van der Waals surface area contributed by atoms with Crippen molar-refractivity contribution in [3.8, 4) is 11.8 Å². The summed E-state index contributed by atoms with van der Waals surface area (Å²) in [4.78, 5) is 8.97. The topological polar surface area (TPSA) is 77.5 Å². The van der Waals surface area contributed by atoms with Gasteiger partial charge in [-0.25, -0.2) is 9.97 Å². The molecule has 2 fully saturated rings. The highest BCUT2D eigenvalue weighted by atomic mass is 16.5. The molecule has 0 radical (unpaired) electrons. The summed E-state index contributed by atoms with van der Waals surface area (Å²) in [5.74, 6) is 1.34. The van der Waals surface area contributed by atoms with Gasteiger partial charge in [0, 0.05) is 31.4 Å². The van der Waals surface area contributed by atoms with Gasteiger partial charge in [-0.15, -0.1) is 0 Å². The number of ether oxygens (including phenoxy) is 3. The molecular weight excluding hydrogens is 368 g/mol. The molecule has 29 heavy (non-hydrogen) atoms. The molecule has 0 aromatic carbocycles. The Balaban J connectivity index is 1.40. The Kier molecular flexibility index (Phi) is 6.34. The van der Waals surface area contributed by atoms with Crippen LogP contribution in [0.5, 0.6) is 11.8 Å². The van der Waals surface area contributed by atoms with Crippen LogP contribution in [-0.4, -0.2) is 48.0 Å². The van der Waals surface area contributed by atoms with Crippen LogP contribution < -0.4 is 20.1 Å². The van der Waals surface area contributed by atoms with Crippen molar-refractivity contribution in [1.29, 1.82) is 0 Å². The third-order valence-corrected chi connectivity index (χ3v) is 4.96. The molecule has 1 saturated heterocycles. The van der Waals surface area contributed by atoms with Crippen LogP contribution in [0, 0.1) is 0 Å². The summed E-state index contributed by atoms with van der Waals surface area (Å²) in [6.07, 6.45) is 8.05. The van der Waals surface area contributed by atoms with E-state index in [1.54, 1.807) is 6.20 Å². The number of aromatic nitrogens is 2. The van der Waals surface area contributed by atoms with Gasteiger partial charge in [0.05, 0.1) is 24.6 Å². The summed E-state index contributed by atoms with van der Waals surface area (Å²) in [6, 6.07) is 6.25. The van der Waals surface area contributed by atoms with Gasteiger partial charge in [0.1, 0.15) is 12.2 Å². The maximum absolute atomic E-state index is 6.03. The third-order valence-electron chi connectivity index (χ3n) is 4.96. The summed E-state index contributed by atoms with van der Waals surface area (Å²) in [5, 5.41) is 6.91. The van der Waals surface area contributed by atoms with Crippen LogP contribution in [0.25, 0.3) is 0 Å². The first-order chi connectivity index (χ1) is 14.2. The van der Waals surface area contributed by atoms with Gasteiger partial charge in [0.2, 0.25) is 11.8 Å². The first kappa shape index (κ1) is 19.8. The van der Waals surface area contributed by atoms with Gasteiger partial charge in [0.25, 0.3) is 0 Å². The standard InChI is InChI=1S/C22H30N4O3/c1-3-23-20-12-16(13-25-22(20)28-17-6-7-17)11-15(2)26-19-5-4-9-24-21(19)29-18-8-10-27-14-18/h4-5,9,12-13,15,17-18,23,26H,3,6-8,10-11,14H2,1-2H3/t15?,18-/m1/s1. The minimum absolute atomic E-state index is 0.0756. The Morgan fingerprint density at radius 3 is 2.72 bits per heavy atom. The fraction of sp³-hybridized carbons (Fsp3) is 0.545. The zero-order chi connectivity index (χ0) is 20.1. The van der Waals surface area contributed by atoms with E-state index in [1.807, 2.05) is 18.3 Å². The average molecular weight is 399 g/mol. The maximum atomic E-state index is 6.03. The molecule has 1 aliphatic carbocycles. The molecule has 2 N–H and O–H groups in total. The molecule has 7 heteroatoms. The third kappa shape index (κ3) is 5.50. The predicted octanol–water partition coefficient (Wildman–Crippen LogP) is 3.66. The zero-order valence-corrected chi connectivity index (χ0v) is 17.2. The van der Waals surface area contributed by atoms with Crippen molar-refractivity contribution in [2.24, 2.45) is 0 Å². The molecule has 1 aliphatic heterocycles. The molecule has 7 nitrogen and oxygen atoms in total. The van der Waals surface area contributed by atoms with Crippen molar-refractivity contribution >= 4 is 11.4 Å². The van der Waals surface area contributed by atoms with Crippen LogP contribution in [0.3, 0.4) is 0 Å². The number of pyridine rings is 2. The highest BCUT2D eigenvalue weighted by Gasteiger charge is 2.25. The molecule has 2 aliphatic rings. The first-order valence-corrected chi connectivity index (χ1v) is 10.6. The second kappa shape index (κ2) is 9.31. The van der Waals surface area contributed by atoms with E-state index in [-0.39, 0.29) is 12.1 Å². The van der Waals surface area contributed by atoms with Gasteiger partial charge in [-0.1, -0.05) is 0 Å². The fourth-order valence-electron chi connectivity index (χ4n) is 3.39. The van der Waals surface area contributed by atoms with E-state index in [1.165, 1.54) is 0 Å². The quantitative estimate of drug-likeness (QED) is 0.632. The number of hydrogen-bond acceptors (Lipinski definition) is 7. The smallest absolute Gasteiger partial charge is 0.237 e. The lowest BCUT2D eigenvalue weighted by atomic mass is 10.1. The molecule has 0 amide bonds. The van der Waals surface area contributed by atoms with Crippen LogP contribution in [-0.2, 0) is 11.2 Å². The summed E-state index contributed by atoms with van der Waals surface area (Å²) in [6.45, 7) is 6.44. The molecule has 2 aromatic heterocycles. The molecule has 0 bridgehead atoms. The van der Waals surface area contributed by atoms with Crippen LogP contribution in [0.1, 0.15) is 38.7 Å². The first-order valence-electron chi connectivity index (χ1n) is 10.6. The largest absolute Gasteiger partial charge is 0.473 e. The van der Waals surface area contributed by atoms with E-state index in [9.17, 15) is 0 Å². The van der Waals surface area contributed by atoms with Crippen molar-refractivity contribution in [3.63, 3.8) is 0 Å². The van der Waals surface area contributed by atoms with E-state index in [4.69, 9.17) is 14.2 Å². The van der Waals surface area contributed by atoms with E-state index in [2.05, 4.69) is 40.5 Å². The fourth-order valence-corrected chi connectivity index (χ4v) is 3.39. The number of rotatable bonds is 10. The lowest BCUT2D eigenvalue weighted by Crippen LogP contribution is -2.21. The maximum Gasteiger partial charge on any atom is 0.237 e. The Bertz CT molecular complexity index is 806. The van der Waals surface area contributed by atoms with Gasteiger partial charge in [-0.3, -0.25) is 0 Å². The molecule has 2 aromatic rings. The summed E-state index contributed by atoms with van der Waals surface area (Å²) in [5.41, 5.74) is 3.02. The predicted molar refractivity (Wildman–Crippen MR) is 113 cm³/mol. The van der Waals surface area contributed by atoms with Crippen LogP contribution in [0.15, 0.2) is 30.6 Å². The van der Waals surface area contributed by atoms with Gasteiger partial charge in [0.15, 0.2) is 0 Å². The van der Waals surface area contributed by atoms with Crippen molar-refractivity contribution in [2.45, 2.75) is 57.8 Å². The number of nitrogens with one attached hydrogen (secondary N) is 2. The zero-order valence-electron chi connectivity index (χ0n) is 17.2. The van der Waals surface area contributed by atoms with Crippen LogP contribution in [0.2, 0.25) is 0 Å². The average Bonchev–Trinajstić information content (AvgIpc) is 3.38. The molecular formula is C22H30N4O3. The van der Waals surface area contributed by atoms with Gasteiger partial charge >= 0.3 is 0 Å². The van der Waals surface area contributed by atoms with E-state index < -0.39 is 0 Å². The summed E-state index contributed by atoms with van der Waals surface area (Å²) in [7, 11) is 0. The lowest BCUT2D eigenvalue weighted by molar-refractivity contribution is 0.138. The lowest BCUT2D eigenvalue weighted by Gasteiger charge is -2.20. The highest BCUT2D eigenvalue weighted by molar-refractivity contribution is 5.55. The van der Waals surface area contributed by atoms with Crippen LogP contribution >= 0.6 is 0 Å². The Morgan fingerprint density at radius 1 is 1.14 bits per heavy atom. The summed E-state index contributed by atoms with van der Waals surface area (Å²) < 4.78 is 17.4. The number of anilines is 2.